The number of carbonyl (C=O) groups excluding carboxylic acids is 2. The first-order valence-electron chi connectivity index (χ1n) is 7.72. The second-order valence-corrected chi connectivity index (χ2v) is 6.26. The molecule has 1 aromatic rings. The van der Waals surface area contributed by atoms with Gasteiger partial charge in [0.25, 0.3) is 5.91 Å². The van der Waals surface area contributed by atoms with Crippen molar-refractivity contribution in [1.29, 1.82) is 0 Å². The van der Waals surface area contributed by atoms with Crippen molar-refractivity contribution >= 4 is 11.8 Å². The van der Waals surface area contributed by atoms with Gasteiger partial charge in [-0.3, -0.25) is 9.59 Å². The van der Waals surface area contributed by atoms with E-state index in [0.717, 1.165) is 44.3 Å². The molecule has 21 heavy (non-hydrogen) atoms. The fraction of sp³-hybridized carbons (Fsp3) is 0.529. The third-order valence-corrected chi connectivity index (χ3v) is 5.16. The second kappa shape index (κ2) is 5.51. The smallest absolute Gasteiger partial charge is 0.253 e. The Bertz CT molecular complexity index is 543. The summed E-state index contributed by atoms with van der Waals surface area (Å²) in [6, 6.07) is 9.42. The molecule has 0 radical (unpaired) electrons. The van der Waals surface area contributed by atoms with E-state index in [0.29, 0.717) is 0 Å². The molecule has 0 bridgehead atoms. The topological polar surface area (TPSA) is 49.4 Å². The molecular formula is C17H22N2O2. The van der Waals surface area contributed by atoms with Crippen molar-refractivity contribution in [3.63, 3.8) is 0 Å². The van der Waals surface area contributed by atoms with E-state index >= 15 is 0 Å². The number of benzene rings is 1. The van der Waals surface area contributed by atoms with E-state index in [1.165, 1.54) is 0 Å². The number of hydrogen-bond acceptors (Lipinski definition) is 2. The monoisotopic (exact) mass is 286 g/mol. The molecule has 0 unspecified atom stereocenters. The van der Waals surface area contributed by atoms with Crippen molar-refractivity contribution in [2.75, 3.05) is 20.1 Å². The SMILES string of the molecule is CNC(=O)[C@@H]1CCC[C@]12CCN(C(=O)c1ccccc1)C2. The summed E-state index contributed by atoms with van der Waals surface area (Å²) in [5.41, 5.74) is 0.744. The molecule has 1 aliphatic heterocycles. The Morgan fingerprint density at radius 1 is 1.24 bits per heavy atom. The van der Waals surface area contributed by atoms with Crippen LogP contribution >= 0.6 is 0 Å². The predicted molar refractivity (Wildman–Crippen MR) is 80.8 cm³/mol. The Kier molecular flexibility index (Phi) is 3.70. The summed E-state index contributed by atoms with van der Waals surface area (Å²) in [6.45, 7) is 1.49. The zero-order chi connectivity index (χ0) is 14.9. The van der Waals surface area contributed by atoms with E-state index in [1.807, 2.05) is 35.2 Å². The highest BCUT2D eigenvalue weighted by Crippen LogP contribution is 2.49. The van der Waals surface area contributed by atoms with Gasteiger partial charge in [0.05, 0.1) is 0 Å². The van der Waals surface area contributed by atoms with Gasteiger partial charge in [-0.15, -0.1) is 0 Å². The van der Waals surface area contributed by atoms with Gasteiger partial charge in [-0.2, -0.15) is 0 Å². The minimum absolute atomic E-state index is 0.00450. The van der Waals surface area contributed by atoms with Gasteiger partial charge < -0.3 is 10.2 Å². The first-order chi connectivity index (χ1) is 10.2. The molecule has 2 fully saturated rings. The Morgan fingerprint density at radius 3 is 2.71 bits per heavy atom. The van der Waals surface area contributed by atoms with Gasteiger partial charge in [-0.05, 0) is 31.4 Å². The normalized spacial score (nSPS) is 28.0. The van der Waals surface area contributed by atoms with Crippen molar-refractivity contribution in [1.82, 2.24) is 10.2 Å². The zero-order valence-electron chi connectivity index (χ0n) is 12.5. The van der Waals surface area contributed by atoms with Gasteiger partial charge in [0.2, 0.25) is 5.91 Å². The van der Waals surface area contributed by atoms with Crippen LogP contribution in [0.1, 0.15) is 36.0 Å². The summed E-state index contributed by atoms with van der Waals surface area (Å²) in [7, 11) is 1.70. The maximum Gasteiger partial charge on any atom is 0.253 e. The molecule has 3 rings (SSSR count). The highest BCUT2D eigenvalue weighted by molar-refractivity contribution is 5.94. The largest absolute Gasteiger partial charge is 0.359 e. The number of likely N-dealkylation sites (tertiary alicyclic amines) is 1. The third-order valence-electron chi connectivity index (χ3n) is 5.16. The summed E-state index contributed by atoms with van der Waals surface area (Å²) >= 11 is 0. The lowest BCUT2D eigenvalue weighted by molar-refractivity contribution is -0.127. The molecule has 1 saturated carbocycles. The maximum absolute atomic E-state index is 12.6. The lowest BCUT2D eigenvalue weighted by Gasteiger charge is -2.30. The molecular weight excluding hydrogens is 264 g/mol. The average molecular weight is 286 g/mol. The first-order valence-corrected chi connectivity index (χ1v) is 7.72. The molecule has 1 heterocycles. The average Bonchev–Trinajstić information content (AvgIpc) is 3.14. The van der Waals surface area contributed by atoms with Crippen LogP contribution < -0.4 is 5.32 Å². The van der Waals surface area contributed by atoms with Crippen molar-refractivity contribution < 1.29 is 9.59 Å². The van der Waals surface area contributed by atoms with Crippen LogP contribution in [0.25, 0.3) is 0 Å². The molecule has 1 spiro atoms. The fourth-order valence-electron chi connectivity index (χ4n) is 4.04. The van der Waals surface area contributed by atoms with E-state index in [1.54, 1.807) is 7.05 Å². The van der Waals surface area contributed by atoms with E-state index in [4.69, 9.17) is 0 Å². The first kappa shape index (κ1) is 14.1. The molecule has 0 aromatic heterocycles. The molecule has 112 valence electrons. The Balaban J connectivity index is 1.76. The third kappa shape index (κ3) is 2.43. The maximum atomic E-state index is 12.6. The van der Waals surface area contributed by atoms with Crippen molar-refractivity contribution in [2.45, 2.75) is 25.7 Å². The molecule has 4 heteroatoms. The zero-order valence-corrected chi connectivity index (χ0v) is 12.5. The van der Waals surface area contributed by atoms with Crippen LogP contribution in [-0.2, 0) is 4.79 Å². The number of nitrogens with one attached hydrogen (secondary N) is 1. The Hall–Kier alpha value is -1.84. The molecule has 1 aliphatic carbocycles. The van der Waals surface area contributed by atoms with Crippen molar-refractivity contribution in [2.24, 2.45) is 11.3 Å². The van der Waals surface area contributed by atoms with E-state index in [2.05, 4.69) is 5.32 Å². The predicted octanol–water partition coefficient (Wildman–Crippen LogP) is 2.06. The summed E-state index contributed by atoms with van der Waals surface area (Å²) in [5.74, 6) is 0.299. The molecule has 2 aliphatic rings. The molecule has 2 atom stereocenters. The van der Waals surface area contributed by atoms with Crippen molar-refractivity contribution in [3.8, 4) is 0 Å². The van der Waals surface area contributed by atoms with E-state index < -0.39 is 0 Å². The van der Waals surface area contributed by atoms with Crippen LogP contribution in [0.3, 0.4) is 0 Å². The highest BCUT2D eigenvalue weighted by atomic mass is 16.2. The lowest BCUT2D eigenvalue weighted by atomic mass is 9.76. The number of carbonyl (C=O) groups is 2. The number of hydrogen-bond donors (Lipinski definition) is 1. The van der Waals surface area contributed by atoms with Crippen LogP contribution in [-0.4, -0.2) is 36.9 Å². The fourth-order valence-corrected chi connectivity index (χ4v) is 4.04. The Labute approximate surface area is 125 Å². The summed E-state index contributed by atoms with van der Waals surface area (Å²) < 4.78 is 0. The lowest BCUT2D eigenvalue weighted by Crippen LogP contribution is -2.40. The van der Waals surface area contributed by atoms with Gasteiger partial charge in [-0.1, -0.05) is 24.6 Å². The highest BCUT2D eigenvalue weighted by Gasteiger charge is 2.50. The van der Waals surface area contributed by atoms with Crippen LogP contribution in [0, 0.1) is 11.3 Å². The van der Waals surface area contributed by atoms with Crippen LogP contribution in [0.15, 0.2) is 30.3 Å². The molecule has 2 amide bonds. The Morgan fingerprint density at radius 2 is 2.00 bits per heavy atom. The number of amides is 2. The van der Waals surface area contributed by atoms with Crippen molar-refractivity contribution in [3.05, 3.63) is 35.9 Å². The summed E-state index contributed by atoms with van der Waals surface area (Å²) in [4.78, 5) is 26.6. The number of rotatable bonds is 2. The second-order valence-electron chi connectivity index (χ2n) is 6.26. The van der Waals surface area contributed by atoms with Gasteiger partial charge in [0.15, 0.2) is 0 Å². The summed E-state index contributed by atoms with van der Waals surface area (Å²) in [5, 5.41) is 2.79. The van der Waals surface area contributed by atoms with E-state index in [-0.39, 0.29) is 23.1 Å². The van der Waals surface area contributed by atoms with Gasteiger partial charge >= 0.3 is 0 Å². The minimum atomic E-state index is 0.00450. The quantitative estimate of drug-likeness (QED) is 0.904. The molecule has 4 nitrogen and oxygen atoms in total. The van der Waals surface area contributed by atoms with Gasteiger partial charge in [0.1, 0.15) is 0 Å². The minimum Gasteiger partial charge on any atom is -0.359 e. The molecule has 1 aromatic carbocycles. The molecule has 1 saturated heterocycles. The number of nitrogens with zero attached hydrogens (tertiary/aromatic N) is 1. The van der Waals surface area contributed by atoms with E-state index in [9.17, 15) is 9.59 Å². The van der Waals surface area contributed by atoms with Crippen LogP contribution in [0.5, 0.6) is 0 Å². The standard InChI is InChI=1S/C17H22N2O2/c1-18-15(20)14-8-5-9-17(14)10-11-19(12-17)16(21)13-6-3-2-4-7-13/h2-4,6-7,14H,5,8-12H2,1H3,(H,18,20)/t14-,17+/m0/s1. The van der Waals surface area contributed by atoms with Gasteiger partial charge in [-0.25, -0.2) is 0 Å². The van der Waals surface area contributed by atoms with Crippen LogP contribution in [0.4, 0.5) is 0 Å². The van der Waals surface area contributed by atoms with Crippen LogP contribution in [0.2, 0.25) is 0 Å². The summed E-state index contributed by atoms with van der Waals surface area (Å²) in [6.07, 6.45) is 4.05. The molecule has 1 N–H and O–H groups in total. The van der Waals surface area contributed by atoms with Gasteiger partial charge in [0, 0.05) is 37.0 Å².